The van der Waals surface area contributed by atoms with Gasteiger partial charge < -0.3 is 5.32 Å². The van der Waals surface area contributed by atoms with Crippen molar-refractivity contribution in [3.05, 3.63) is 34.3 Å². The van der Waals surface area contributed by atoms with Crippen LogP contribution in [0.4, 0.5) is 0 Å². The summed E-state index contributed by atoms with van der Waals surface area (Å²) in [6.07, 6.45) is 1.28. The van der Waals surface area contributed by atoms with Crippen LogP contribution in [0.5, 0.6) is 0 Å². The summed E-state index contributed by atoms with van der Waals surface area (Å²) in [6.45, 7) is 7.00. The minimum Gasteiger partial charge on any atom is -0.307 e. The van der Waals surface area contributed by atoms with E-state index < -0.39 is 0 Å². The molecule has 1 saturated heterocycles. The Morgan fingerprint density at radius 1 is 1.44 bits per heavy atom. The van der Waals surface area contributed by atoms with Gasteiger partial charge in [0.25, 0.3) is 0 Å². The van der Waals surface area contributed by atoms with Crippen LogP contribution in [0.1, 0.15) is 38.8 Å². The Morgan fingerprint density at radius 3 is 2.89 bits per heavy atom. The van der Waals surface area contributed by atoms with Gasteiger partial charge in [-0.3, -0.25) is 0 Å². The van der Waals surface area contributed by atoms with E-state index in [4.69, 9.17) is 0 Å². The maximum Gasteiger partial charge on any atom is 0.0295 e. The first-order valence-corrected chi connectivity index (χ1v) is 8.50. The van der Waals surface area contributed by atoms with E-state index in [1.165, 1.54) is 23.5 Å². The molecule has 0 aliphatic carbocycles. The number of rotatable bonds is 3. The monoisotopic (exact) mass is 327 g/mol. The minimum absolute atomic E-state index is 0.419. The summed E-state index contributed by atoms with van der Waals surface area (Å²) in [5.41, 5.74) is 1.83. The molecule has 0 spiro atoms. The van der Waals surface area contributed by atoms with E-state index in [1.54, 1.807) is 0 Å². The third kappa shape index (κ3) is 4.01. The summed E-state index contributed by atoms with van der Waals surface area (Å²) in [4.78, 5) is 0. The predicted molar refractivity (Wildman–Crippen MR) is 85.2 cm³/mol. The van der Waals surface area contributed by atoms with Crippen molar-refractivity contribution in [2.45, 2.75) is 39.3 Å². The number of halogens is 1. The average molecular weight is 328 g/mol. The standard InChI is InChI=1S/C15H22BrNS/c1-11(12-5-4-6-13(16)7-12)17-14-8-15(2,3)10-18-9-14/h4-7,11,14,17H,8-10H2,1-3H3/t11-,14?/m0/s1. The van der Waals surface area contributed by atoms with E-state index >= 15 is 0 Å². The number of thioether (sulfide) groups is 1. The topological polar surface area (TPSA) is 12.0 Å². The van der Waals surface area contributed by atoms with Crippen LogP contribution in [0, 0.1) is 5.41 Å². The van der Waals surface area contributed by atoms with Crippen molar-refractivity contribution in [3.8, 4) is 0 Å². The minimum atomic E-state index is 0.419. The first-order valence-electron chi connectivity index (χ1n) is 6.55. The molecule has 1 aromatic rings. The van der Waals surface area contributed by atoms with E-state index in [-0.39, 0.29) is 0 Å². The Balaban J connectivity index is 1.97. The molecule has 100 valence electrons. The Hall–Kier alpha value is 0.01000. The lowest BCUT2D eigenvalue weighted by Gasteiger charge is -2.36. The molecule has 0 amide bonds. The number of nitrogens with one attached hydrogen (secondary N) is 1. The molecule has 0 radical (unpaired) electrons. The summed E-state index contributed by atoms with van der Waals surface area (Å²) in [5, 5.41) is 3.78. The van der Waals surface area contributed by atoms with Gasteiger partial charge >= 0.3 is 0 Å². The highest BCUT2D eigenvalue weighted by molar-refractivity contribution is 9.10. The zero-order valence-electron chi connectivity index (χ0n) is 11.4. The number of hydrogen-bond acceptors (Lipinski definition) is 2. The smallest absolute Gasteiger partial charge is 0.0295 e. The molecular formula is C15H22BrNS. The van der Waals surface area contributed by atoms with E-state index in [0.29, 0.717) is 17.5 Å². The summed E-state index contributed by atoms with van der Waals surface area (Å²) in [6, 6.07) is 9.64. The number of hydrogen-bond donors (Lipinski definition) is 1. The molecule has 0 aromatic heterocycles. The molecule has 1 fully saturated rings. The summed E-state index contributed by atoms with van der Waals surface area (Å²) < 4.78 is 1.16. The van der Waals surface area contributed by atoms with Crippen LogP contribution >= 0.6 is 27.7 Å². The molecule has 3 heteroatoms. The third-order valence-corrected chi connectivity index (χ3v) is 5.56. The van der Waals surface area contributed by atoms with Crippen molar-refractivity contribution >= 4 is 27.7 Å². The van der Waals surface area contributed by atoms with Crippen LogP contribution in [0.3, 0.4) is 0 Å². The zero-order valence-corrected chi connectivity index (χ0v) is 13.8. The van der Waals surface area contributed by atoms with Gasteiger partial charge in [0.1, 0.15) is 0 Å². The van der Waals surface area contributed by atoms with Gasteiger partial charge in [0.05, 0.1) is 0 Å². The van der Waals surface area contributed by atoms with Gasteiger partial charge in [0.15, 0.2) is 0 Å². The van der Waals surface area contributed by atoms with Crippen LogP contribution in [-0.2, 0) is 0 Å². The lowest BCUT2D eigenvalue weighted by Crippen LogP contribution is -2.41. The van der Waals surface area contributed by atoms with E-state index in [2.05, 4.69) is 78.0 Å². The van der Waals surface area contributed by atoms with Crippen molar-refractivity contribution in [2.24, 2.45) is 5.41 Å². The third-order valence-electron chi connectivity index (χ3n) is 3.45. The fourth-order valence-corrected chi connectivity index (χ4v) is 4.30. The summed E-state index contributed by atoms with van der Waals surface area (Å²) >= 11 is 5.62. The Bertz CT molecular complexity index is 405. The fraction of sp³-hybridized carbons (Fsp3) is 0.600. The molecule has 0 saturated carbocycles. The lowest BCUT2D eigenvalue weighted by atomic mass is 9.87. The van der Waals surface area contributed by atoms with Crippen LogP contribution in [0.15, 0.2) is 28.7 Å². The van der Waals surface area contributed by atoms with E-state index in [9.17, 15) is 0 Å². The lowest BCUT2D eigenvalue weighted by molar-refractivity contribution is 0.305. The average Bonchev–Trinajstić information content (AvgIpc) is 2.27. The molecule has 0 bridgehead atoms. The molecule has 1 aromatic carbocycles. The second kappa shape index (κ2) is 5.98. The van der Waals surface area contributed by atoms with Crippen molar-refractivity contribution in [3.63, 3.8) is 0 Å². The van der Waals surface area contributed by atoms with Crippen LogP contribution in [0.2, 0.25) is 0 Å². The van der Waals surface area contributed by atoms with Crippen LogP contribution < -0.4 is 5.32 Å². The molecule has 1 N–H and O–H groups in total. The maximum absolute atomic E-state index is 3.78. The largest absolute Gasteiger partial charge is 0.307 e. The SMILES string of the molecule is C[C@H](NC1CSCC(C)(C)C1)c1cccc(Br)c1. The Morgan fingerprint density at radius 2 is 2.22 bits per heavy atom. The quantitative estimate of drug-likeness (QED) is 0.868. The van der Waals surface area contributed by atoms with Crippen molar-refractivity contribution < 1.29 is 0 Å². The Kier molecular flexibility index (Phi) is 4.79. The first-order chi connectivity index (χ1) is 8.46. The summed E-state index contributed by atoms with van der Waals surface area (Å²) in [7, 11) is 0. The van der Waals surface area contributed by atoms with Crippen molar-refractivity contribution in [2.75, 3.05) is 11.5 Å². The van der Waals surface area contributed by atoms with Gasteiger partial charge in [-0.1, -0.05) is 41.9 Å². The molecule has 1 aliphatic rings. The van der Waals surface area contributed by atoms with Gasteiger partial charge in [0, 0.05) is 22.3 Å². The normalized spacial score (nSPS) is 24.8. The van der Waals surface area contributed by atoms with Crippen LogP contribution in [-0.4, -0.2) is 17.5 Å². The highest BCUT2D eigenvalue weighted by atomic mass is 79.9. The molecule has 2 atom stereocenters. The predicted octanol–water partition coefficient (Wildman–Crippen LogP) is 4.63. The van der Waals surface area contributed by atoms with E-state index in [0.717, 1.165) is 4.47 Å². The van der Waals surface area contributed by atoms with Gasteiger partial charge in [-0.2, -0.15) is 11.8 Å². The Labute approximate surface area is 123 Å². The molecule has 1 unspecified atom stereocenters. The summed E-state index contributed by atoms with van der Waals surface area (Å²) in [5.74, 6) is 2.53. The second-order valence-corrected chi connectivity index (χ2v) is 7.97. The van der Waals surface area contributed by atoms with Crippen LogP contribution in [0.25, 0.3) is 0 Å². The molecule has 1 heterocycles. The maximum atomic E-state index is 3.78. The second-order valence-electron chi connectivity index (χ2n) is 6.02. The molecule has 1 nitrogen and oxygen atoms in total. The van der Waals surface area contributed by atoms with Crippen molar-refractivity contribution in [1.29, 1.82) is 0 Å². The molecule has 2 rings (SSSR count). The van der Waals surface area contributed by atoms with Gasteiger partial charge in [-0.25, -0.2) is 0 Å². The van der Waals surface area contributed by atoms with Gasteiger partial charge in [-0.05, 0) is 42.2 Å². The zero-order chi connectivity index (χ0) is 13.2. The molecule has 18 heavy (non-hydrogen) atoms. The highest BCUT2D eigenvalue weighted by Gasteiger charge is 2.29. The van der Waals surface area contributed by atoms with Gasteiger partial charge in [0.2, 0.25) is 0 Å². The highest BCUT2D eigenvalue weighted by Crippen LogP contribution is 2.34. The van der Waals surface area contributed by atoms with Gasteiger partial charge in [-0.15, -0.1) is 0 Å². The number of benzene rings is 1. The van der Waals surface area contributed by atoms with Crippen molar-refractivity contribution in [1.82, 2.24) is 5.32 Å². The molecule has 1 aliphatic heterocycles. The fourth-order valence-electron chi connectivity index (χ4n) is 2.60. The first kappa shape index (κ1) is 14.4. The molecular weight excluding hydrogens is 306 g/mol. The van der Waals surface area contributed by atoms with E-state index in [1.807, 2.05) is 0 Å².